The maximum Gasteiger partial charge on any atom is 0.260 e. The lowest BCUT2D eigenvalue weighted by Gasteiger charge is -2.42. The molecule has 0 spiro atoms. The van der Waals surface area contributed by atoms with Gasteiger partial charge in [0.2, 0.25) is 15.9 Å². The molecule has 3 aliphatic heterocycles. The Kier molecular flexibility index (Phi) is 6.83. The van der Waals surface area contributed by atoms with Crippen molar-refractivity contribution in [3.05, 3.63) is 23.9 Å². The van der Waals surface area contributed by atoms with E-state index in [9.17, 15) is 13.2 Å². The average molecular weight is 452 g/mol. The summed E-state index contributed by atoms with van der Waals surface area (Å²) in [5.41, 5.74) is 1.06. The van der Waals surface area contributed by atoms with Crippen molar-refractivity contribution < 1.29 is 22.7 Å². The Morgan fingerprint density at radius 2 is 1.97 bits per heavy atom. The van der Waals surface area contributed by atoms with Gasteiger partial charge in [0.25, 0.3) is 5.91 Å². The first-order valence-electron chi connectivity index (χ1n) is 11.3. The molecule has 172 valence electrons. The Bertz CT molecular complexity index is 883. The normalized spacial score (nSPS) is 29.9. The van der Waals surface area contributed by atoms with Crippen LogP contribution in [-0.2, 0) is 19.6 Å². The first-order valence-corrected chi connectivity index (χ1v) is 12.9. The summed E-state index contributed by atoms with van der Waals surface area (Å²) in [6.07, 6.45) is 7.06. The minimum absolute atomic E-state index is 0.111. The predicted octanol–water partition coefficient (Wildman–Crippen LogP) is 2.20. The number of aromatic nitrogens is 1. The SMILES string of the molecule is CC(C)S(=O)(=O)N[C@H]1CCCN2C(=O)COc3ncccc3C3CCC(CC3)OC[C@@H]12. The van der Waals surface area contributed by atoms with Crippen LogP contribution in [0.5, 0.6) is 5.88 Å². The molecule has 4 heterocycles. The smallest absolute Gasteiger partial charge is 0.260 e. The van der Waals surface area contributed by atoms with Crippen LogP contribution in [0.4, 0.5) is 0 Å². The van der Waals surface area contributed by atoms with Crippen molar-refractivity contribution in [2.24, 2.45) is 0 Å². The van der Waals surface area contributed by atoms with E-state index in [0.29, 0.717) is 31.4 Å². The van der Waals surface area contributed by atoms with E-state index in [1.807, 2.05) is 12.1 Å². The highest BCUT2D eigenvalue weighted by atomic mass is 32.2. The summed E-state index contributed by atoms with van der Waals surface area (Å²) in [5.74, 6) is 0.725. The first-order chi connectivity index (χ1) is 14.8. The van der Waals surface area contributed by atoms with Crippen LogP contribution in [0.2, 0.25) is 0 Å². The molecule has 8 nitrogen and oxygen atoms in total. The van der Waals surface area contributed by atoms with Gasteiger partial charge >= 0.3 is 0 Å². The molecule has 5 rings (SSSR count). The molecule has 4 aliphatic rings. The highest BCUT2D eigenvalue weighted by Crippen LogP contribution is 2.38. The van der Waals surface area contributed by atoms with E-state index in [4.69, 9.17) is 9.47 Å². The Morgan fingerprint density at radius 1 is 1.19 bits per heavy atom. The monoisotopic (exact) mass is 451 g/mol. The van der Waals surface area contributed by atoms with Gasteiger partial charge in [-0.2, -0.15) is 0 Å². The number of hydrogen-bond acceptors (Lipinski definition) is 6. The van der Waals surface area contributed by atoms with Crippen LogP contribution < -0.4 is 9.46 Å². The van der Waals surface area contributed by atoms with E-state index >= 15 is 0 Å². The number of amides is 1. The third kappa shape index (κ3) is 5.04. The van der Waals surface area contributed by atoms with Gasteiger partial charge in [-0.05, 0) is 64.4 Å². The molecule has 0 aromatic carbocycles. The van der Waals surface area contributed by atoms with Gasteiger partial charge < -0.3 is 14.4 Å². The highest BCUT2D eigenvalue weighted by Gasteiger charge is 2.38. The van der Waals surface area contributed by atoms with Gasteiger partial charge in [-0.25, -0.2) is 18.1 Å². The average Bonchev–Trinajstić information content (AvgIpc) is 2.77. The molecule has 1 N–H and O–H groups in total. The van der Waals surface area contributed by atoms with Crippen molar-refractivity contribution in [1.29, 1.82) is 0 Å². The van der Waals surface area contributed by atoms with Gasteiger partial charge in [-0.1, -0.05) is 6.07 Å². The van der Waals surface area contributed by atoms with Crippen molar-refractivity contribution in [3.8, 4) is 5.88 Å². The molecule has 2 atom stereocenters. The summed E-state index contributed by atoms with van der Waals surface area (Å²) in [4.78, 5) is 19.3. The standard InChI is InChI=1S/C22H33N3O5S/c1-15(2)31(27,28)24-19-6-4-12-25-20(19)13-29-17-9-7-16(8-10-17)18-5-3-11-23-22(18)30-14-21(25)26/h3,5,11,15-17,19-20,24H,4,6-10,12-14H2,1-2H3/t16?,17?,19-,20-/m0/s1. The summed E-state index contributed by atoms with van der Waals surface area (Å²) < 4.78 is 40.1. The van der Waals surface area contributed by atoms with Gasteiger partial charge in [0.15, 0.2) is 6.61 Å². The molecule has 31 heavy (non-hydrogen) atoms. The number of nitrogens with one attached hydrogen (secondary N) is 1. The fourth-order valence-corrected chi connectivity index (χ4v) is 5.85. The summed E-state index contributed by atoms with van der Waals surface area (Å²) in [6, 6.07) is 3.24. The first kappa shape index (κ1) is 22.5. The minimum Gasteiger partial charge on any atom is -0.467 e. The molecule has 1 aromatic rings. The number of ether oxygens (including phenoxy) is 2. The number of carbonyl (C=O) groups is 1. The lowest BCUT2D eigenvalue weighted by atomic mass is 9.83. The largest absolute Gasteiger partial charge is 0.467 e. The van der Waals surface area contributed by atoms with Crippen LogP contribution in [0.25, 0.3) is 0 Å². The third-order valence-corrected chi connectivity index (χ3v) is 8.66. The van der Waals surface area contributed by atoms with Crippen molar-refractivity contribution in [1.82, 2.24) is 14.6 Å². The molecule has 1 aromatic heterocycles. The van der Waals surface area contributed by atoms with Crippen molar-refractivity contribution in [2.45, 2.75) is 81.7 Å². The van der Waals surface area contributed by atoms with Gasteiger partial charge in [0, 0.05) is 24.3 Å². The fraction of sp³-hybridized carbons (Fsp3) is 0.727. The molecule has 2 bridgehead atoms. The third-order valence-electron chi connectivity index (χ3n) is 6.79. The van der Waals surface area contributed by atoms with Crippen molar-refractivity contribution in [3.63, 3.8) is 0 Å². The minimum atomic E-state index is -3.46. The van der Waals surface area contributed by atoms with Crippen LogP contribution in [0.3, 0.4) is 0 Å². The molecule has 0 radical (unpaired) electrons. The lowest BCUT2D eigenvalue weighted by Crippen LogP contribution is -2.60. The summed E-state index contributed by atoms with van der Waals surface area (Å²) in [5, 5.41) is -0.532. The number of hydrogen-bond donors (Lipinski definition) is 1. The summed E-state index contributed by atoms with van der Waals surface area (Å²) in [7, 11) is -3.46. The van der Waals surface area contributed by atoms with Gasteiger partial charge in [-0.3, -0.25) is 4.79 Å². The summed E-state index contributed by atoms with van der Waals surface area (Å²) >= 11 is 0. The number of pyridine rings is 1. The Hall–Kier alpha value is -1.71. The number of sulfonamides is 1. The topological polar surface area (TPSA) is 97.8 Å². The molecular formula is C22H33N3O5S. The van der Waals surface area contributed by atoms with Gasteiger partial charge in [-0.15, -0.1) is 0 Å². The van der Waals surface area contributed by atoms with Gasteiger partial charge in [0.05, 0.1) is 24.0 Å². The zero-order valence-electron chi connectivity index (χ0n) is 18.3. The fourth-order valence-electron chi connectivity index (χ4n) is 4.88. The van der Waals surface area contributed by atoms with Crippen LogP contribution >= 0.6 is 0 Å². The number of nitrogens with zero attached hydrogens (tertiary/aromatic N) is 2. The molecule has 9 heteroatoms. The van der Waals surface area contributed by atoms with E-state index in [-0.39, 0.29) is 30.7 Å². The van der Waals surface area contributed by atoms with Crippen LogP contribution in [0.1, 0.15) is 63.9 Å². The van der Waals surface area contributed by atoms with Crippen molar-refractivity contribution in [2.75, 3.05) is 19.8 Å². The molecule has 1 aliphatic carbocycles. The Morgan fingerprint density at radius 3 is 2.71 bits per heavy atom. The number of carbonyl (C=O) groups excluding carboxylic acids is 1. The molecule has 1 saturated carbocycles. The molecule has 2 fully saturated rings. The second kappa shape index (κ2) is 9.42. The highest BCUT2D eigenvalue weighted by molar-refractivity contribution is 7.90. The predicted molar refractivity (Wildman–Crippen MR) is 116 cm³/mol. The van der Waals surface area contributed by atoms with E-state index in [1.54, 1.807) is 24.9 Å². The summed E-state index contributed by atoms with van der Waals surface area (Å²) in [6.45, 7) is 4.11. The van der Waals surface area contributed by atoms with E-state index in [1.165, 1.54) is 0 Å². The lowest BCUT2D eigenvalue weighted by molar-refractivity contribution is -0.140. The Balaban J connectivity index is 1.60. The van der Waals surface area contributed by atoms with E-state index in [0.717, 1.165) is 37.7 Å². The van der Waals surface area contributed by atoms with E-state index < -0.39 is 15.3 Å². The number of rotatable bonds is 3. The molecule has 0 unspecified atom stereocenters. The molecular weight excluding hydrogens is 418 g/mol. The van der Waals surface area contributed by atoms with Crippen molar-refractivity contribution >= 4 is 15.9 Å². The quantitative estimate of drug-likeness (QED) is 0.757. The second-order valence-electron chi connectivity index (χ2n) is 9.11. The van der Waals surface area contributed by atoms with Crippen LogP contribution in [0.15, 0.2) is 18.3 Å². The maximum atomic E-state index is 13.1. The van der Waals surface area contributed by atoms with Crippen LogP contribution in [0, 0.1) is 0 Å². The molecule has 1 amide bonds. The van der Waals surface area contributed by atoms with E-state index in [2.05, 4.69) is 9.71 Å². The maximum absolute atomic E-state index is 13.1. The zero-order chi connectivity index (χ0) is 22.0. The van der Waals surface area contributed by atoms with Gasteiger partial charge in [0.1, 0.15) is 0 Å². The number of piperidine rings is 1. The van der Waals surface area contributed by atoms with Crippen LogP contribution in [-0.4, -0.2) is 67.4 Å². The molecule has 1 saturated heterocycles. The zero-order valence-corrected chi connectivity index (χ0v) is 19.1. The second-order valence-corrected chi connectivity index (χ2v) is 11.4. The number of fused-ring (bicyclic) bond motifs is 5. The Labute approximate surface area is 184 Å².